The minimum Gasteiger partial charge on any atom is -0.344 e. The molecule has 0 heterocycles. The standard InChI is InChI=1S/C17H25ClN2O.ClH/c1-19-10-11-20(2)16(21)17(8-3-4-9-17)13-14-6-5-7-15(18)12-14;/h5-7,12,19H,3-4,8-11,13H2,1-2H3;1H. The number of likely N-dealkylation sites (N-methyl/N-ethyl adjacent to an activating group) is 2. The predicted molar refractivity (Wildman–Crippen MR) is 94.9 cm³/mol. The van der Waals surface area contributed by atoms with Crippen molar-refractivity contribution >= 4 is 29.9 Å². The van der Waals surface area contributed by atoms with Crippen LogP contribution in [0.4, 0.5) is 0 Å². The lowest BCUT2D eigenvalue weighted by atomic mass is 9.78. The summed E-state index contributed by atoms with van der Waals surface area (Å²) < 4.78 is 0. The highest BCUT2D eigenvalue weighted by atomic mass is 35.5. The van der Waals surface area contributed by atoms with Crippen LogP contribution < -0.4 is 5.32 Å². The van der Waals surface area contributed by atoms with Crippen LogP contribution in [0.3, 0.4) is 0 Å². The van der Waals surface area contributed by atoms with E-state index in [0.717, 1.165) is 50.2 Å². The van der Waals surface area contributed by atoms with E-state index in [0.29, 0.717) is 0 Å². The summed E-state index contributed by atoms with van der Waals surface area (Å²) in [5.74, 6) is 0.287. The molecule has 124 valence electrons. The Morgan fingerprint density at radius 3 is 2.64 bits per heavy atom. The Bertz CT molecular complexity index is 487. The van der Waals surface area contributed by atoms with E-state index in [2.05, 4.69) is 11.4 Å². The van der Waals surface area contributed by atoms with Gasteiger partial charge < -0.3 is 10.2 Å². The fraction of sp³-hybridized carbons (Fsp3) is 0.588. The van der Waals surface area contributed by atoms with Crippen LogP contribution in [-0.2, 0) is 11.2 Å². The summed E-state index contributed by atoms with van der Waals surface area (Å²) >= 11 is 6.08. The third-order valence-electron chi connectivity index (χ3n) is 4.49. The van der Waals surface area contributed by atoms with Gasteiger partial charge in [0, 0.05) is 25.2 Å². The lowest BCUT2D eigenvalue weighted by molar-refractivity contribution is -0.140. The van der Waals surface area contributed by atoms with E-state index in [4.69, 9.17) is 11.6 Å². The van der Waals surface area contributed by atoms with Crippen molar-refractivity contribution in [2.24, 2.45) is 5.41 Å². The number of nitrogens with zero attached hydrogens (tertiary/aromatic N) is 1. The normalized spacial score (nSPS) is 16.1. The van der Waals surface area contributed by atoms with E-state index in [-0.39, 0.29) is 23.7 Å². The Morgan fingerprint density at radius 1 is 1.36 bits per heavy atom. The molecule has 1 N–H and O–H groups in total. The Hall–Kier alpha value is -0.770. The number of nitrogens with one attached hydrogen (secondary N) is 1. The molecular weight excluding hydrogens is 319 g/mol. The van der Waals surface area contributed by atoms with Crippen LogP contribution in [0.25, 0.3) is 0 Å². The molecule has 0 aliphatic heterocycles. The SMILES string of the molecule is CNCCN(C)C(=O)C1(Cc2cccc(Cl)c2)CCCC1.Cl. The molecule has 1 aromatic rings. The van der Waals surface area contributed by atoms with Gasteiger partial charge in [-0.25, -0.2) is 0 Å². The number of carbonyl (C=O) groups is 1. The first kappa shape index (κ1) is 19.3. The van der Waals surface area contributed by atoms with Crippen molar-refractivity contribution in [2.75, 3.05) is 27.2 Å². The minimum absolute atomic E-state index is 0. The van der Waals surface area contributed by atoms with Crippen molar-refractivity contribution in [1.82, 2.24) is 10.2 Å². The van der Waals surface area contributed by atoms with Crippen LogP contribution >= 0.6 is 24.0 Å². The minimum atomic E-state index is -0.229. The molecule has 0 unspecified atom stereocenters. The summed E-state index contributed by atoms with van der Waals surface area (Å²) in [6, 6.07) is 7.91. The zero-order chi connectivity index (χ0) is 15.3. The molecule has 22 heavy (non-hydrogen) atoms. The fourth-order valence-corrected chi connectivity index (χ4v) is 3.55. The maximum Gasteiger partial charge on any atom is 0.228 e. The highest BCUT2D eigenvalue weighted by Crippen LogP contribution is 2.42. The first-order valence-electron chi connectivity index (χ1n) is 7.72. The molecule has 1 fully saturated rings. The van der Waals surface area contributed by atoms with Gasteiger partial charge in [0.1, 0.15) is 0 Å². The average Bonchev–Trinajstić information content (AvgIpc) is 2.93. The van der Waals surface area contributed by atoms with Gasteiger partial charge in [0.25, 0.3) is 0 Å². The number of carbonyl (C=O) groups excluding carboxylic acids is 1. The molecule has 1 amide bonds. The summed E-state index contributed by atoms with van der Waals surface area (Å²) in [4.78, 5) is 14.8. The Labute approximate surface area is 144 Å². The van der Waals surface area contributed by atoms with E-state index >= 15 is 0 Å². The van der Waals surface area contributed by atoms with Gasteiger partial charge in [-0.15, -0.1) is 12.4 Å². The summed E-state index contributed by atoms with van der Waals surface area (Å²) in [6.07, 6.45) is 5.07. The van der Waals surface area contributed by atoms with Gasteiger partial charge in [-0.3, -0.25) is 4.79 Å². The van der Waals surface area contributed by atoms with Crippen molar-refractivity contribution in [1.29, 1.82) is 0 Å². The summed E-state index contributed by atoms with van der Waals surface area (Å²) in [5, 5.41) is 3.85. The smallest absolute Gasteiger partial charge is 0.228 e. The van der Waals surface area contributed by atoms with Crippen molar-refractivity contribution in [3.8, 4) is 0 Å². The van der Waals surface area contributed by atoms with Gasteiger partial charge in [-0.2, -0.15) is 0 Å². The molecule has 1 aromatic carbocycles. The van der Waals surface area contributed by atoms with Crippen LogP contribution in [0.5, 0.6) is 0 Å². The average molecular weight is 345 g/mol. The van der Waals surface area contributed by atoms with Gasteiger partial charge in [0.2, 0.25) is 5.91 Å². The second-order valence-corrected chi connectivity index (χ2v) is 6.56. The molecule has 0 spiro atoms. The topological polar surface area (TPSA) is 32.3 Å². The number of rotatable bonds is 6. The maximum absolute atomic E-state index is 12.9. The predicted octanol–water partition coefficient (Wildman–Crippen LogP) is 3.54. The molecular formula is C17H26Cl2N2O. The van der Waals surface area contributed by atoms with Crippen LogP contribution in [0.2, 0.25) is 5.02 Å². The van der Waals surface area contributed by atoms with Crippen LogP contribution in [0.15, 0.2) is 24.3 Å². The highest BCUT2D eigenvalue weighted by Gasteiger charge is 2.42. The van der Waals surface area contributed by atoms with Crippen molar-refractivity contribution in [3.63, 3.8) is 0 Å². The van der Waals surface area contributed by atoms with Gasteiger partial charge in [0.15, 0.2) is 0 Å². The van der Waals surface area contributed by atoms with Crippen molar-refractivity contribution < 1.29 is 4.79 Å². The largest absolute Gasteiger partial charge is 0.344 e. The van der Waals surface area contributed by atoms with E-state index in [1.807, 2.05) is 37.2 Å². The molecule has 0 bridgehead atoms. The fourth-order valence-electron chi connectivity index (χ4n) is 3.34. The monoisotopic (exact) mass is 344 g/mol. The van der Waals surface area contributed by atoms with E-state index in [1.54, 1.807) is 0 Å². The van der Waals surface area contributed by atoms with E-state index in [9.17, 15) is 4.79 Å². The maximum atomic E-state index is 12.9. The molecule has 0 atom stereocenters. The zero-order valence-electron chi connectivity index (χ0n) is 13.4. The molecule has 3 nitrogen and oxygen atoms in total. The number of hydrogen-bond donors (Lipinski definition) is 1. The van der Waals surface area contributed by atoms with Crippen LogP contribution in [-0.4, -0.2) is 38.0 Å². The number of halogens is 2. The molecule has 0 radical (unpaired) electrons. The molecule has 0 aromatic heterocycles. The van der Waals surface area contributed by atoms with Crippen molar-refractivity contribution in [3.05, 3.63) is 34.9 Å². The number of benzene rings is 1. The van der Waals surface area contributed by atoms with Gasteiger partial charge in [-0.05, 0) is 44.0 Å². The first-order valence-corrected chi connectivity index (χ1v) is 8.10. The molecule has 0 saturated heterocycles. The van der Waals surface area contributed by atoms with Crippen LogP contribution in [0.1, 0.15) is 31.2 Å². The Morgan fingerprint density at radius 2 is 2.05 bits per heavy atom. The second-order valence-electron chi connectivity index (χ2n) is 6.12. The first-order chi connectivity index (χ1) is 10.1. The molecule has 1 aliphatic rings. The summed E-state index contributed by atoms with van der Waals surface area (Å²) in [6.45, 7) is 1.59. The Kier molecular flexibility index (Phi) is 7.67. The summed E-state index contributed by atoms with van der Waals surface area (Å²) in [5.41, 5.74) is 0.937. The van der Waals surface area contributed by atoms with Crippen LogP contribution in [0, 0.1) is 5.41 Å². The number of amides is 1. The zero-order valence-corrected chi connectivity index (χ0v) is 15.0. The molecule has 1 saturated carbocycles. The molecule has 2 rings (SSSR count). The van der Waals surface area contributed by atoms with E-state index < -0.39 is 0 Å². The lowest BCUT2D eigenvalue weighted by Gasteiger charge is -2.32. The third-order valence-corrected chi connectivity index (χ3v) is 4.72. The highest BCUT2D eigenvalue weighted by molar-refractivity contribution is 6.30. The lowest BCUT2D eigenvalue weighted by Crippen LogP contribution is -2.44. The van der Waals surface area contributed by atoms with Gasteiger partial charge in [0.05, 0.1) is 5.41 Å². The number of hydrogen-bond acceptors (Lipinski definition) is 2. The Balaban J connectivity index is 0.00000242. The third kappa shape index (κ3) is 4.61. The summed E-state index contributed by atoms with van der Waals surface area (Å²) in [7, 11) is 3.83. The molecule has 5 heteroatoms. The second kappa shape index (κ2) is 8.76. The molecule has 1 aliphatic carbocycles. The van der Waals surface area contributed by atoms with Crippen molar-refractivity contribution in [2.45, 2.75) is 32.1 Å². The van der Waals surface area contributed by atoms with Gasteiger partial charge >= 0.3 is 0 Å². The van der Waals surface area contributed by atoms with E-state index in [1.165, 1.54) is 5.56 Å². The van der Waals surface area contributed by atoms with Gasteiger partial charge in [-0.1, -0.05) is 36.6 Å². The quantitative estimate of drug-likeness (QED) is 0.855.